The van der Waals surface area contributed by atoms with Crippen LogP contribution in [0.2, 0.25) is 0 Å². The van der Waals surface area contributed by atoms with Crippen LogP contribution in [0, 0.1) is 11.3 Å². The van der Waals surface area contributed by atoms with Crippen molar-refractivity contribution in [3.63, 3.8) is 0 Å². The third-order valence-electron chi connectivity index (χ3n) is 13.9. The van der Waals surface area contributed by atoms with Crippen LogP contribution in [-0.2, 0) is 5.41 Å². The molecule has 1 aliphatic carbocycles. The highest BCUT2D eigenvalue weighted by molar-refractivity contribution is 7.19. The van der Waals surface area contributed by atoms with Crippen LogP contribution < -0.4 is 20.7 Å². The minimum atomic E-state index is -2.87. The third-order valence-corrected chi connectivity index (χ3v) is 18.6. The molecule has 0 saturated heterocycles. The van der Waals surface area contributed by atoms with E-state index in [1.165, 1.54) is 76.0 Å². The molecule has 0 N–H and O–H groups in total. The van der Waals surface area contributed by atoms with E-state index in [4.69, 9.17) is 0 Å². The summed E-state index contributed by atoms with van der Waals surface area (Å²) in [7, 11) is -2.87. The van der Waals surface area contributed by atoms with Gasteiger partial charge in [-0.15, -0.1) is 0 Å². The molecule has 65 heavy (non-hydrogen) atoms. The Bertz CT molecular complexity index is 3440. The summed E-state index contributed by atoms with van der Waals surface area (Å²) < 4.78 is 2.31. The van der Waals surface area contributed by atoms with Crippen LogP contribution in [0.1, 0.15) is 27.8 Å². The number of rotatable bonds is 8. The quantitative estimate of drug-likeness (QED) is 0.111. The van der Waals surface area contributed by atoms with E-state index in [0.29, 0.717) is 5.56 Å². The molecule has 0 bridgehead atoms. The molecule has 304 valence electrons. The van der Waals surface area contributed by atoms with Crippen LogP contribution in [0.5, 0.6) is 0 Å². The summed E-state index contributed by atoms with van der Waals surface area (Å²) in [6.45, 7) is 0. The second kappa shape index (κ2) is 15.5. The molecule has 1 aromatic heterocycles. The van der Waals surface area contributed by atoms with Crippen molar-refractivity contribution in [1.82, 2.24) is 4.57 Å². The van der Waals surface area contributed by atoms with Gasteiger partial charge in [-0.3, -0.25) is 0 Å². The van der Waals surface area contributed by atoms with Gasteiger partial charge in [0, 0.05) is 16.5 Å². The molecule has 11 aromatic rings. The molecule has 1 aliphatic rings. The van der Waals surface area contributed by atoms with Crippen molar-refractivity contribution in [3.05, 3.63) is 283 Å². The molecule has 0 fully saturated rings. The maximum atomic E-state index is 9.53. The second-order valence-electron chi connectivity index (χ2n) is 17.1. The van der Waals surface area contributed by atoms with Gasteiger partial charge in [-0.25, -0.2) is 0 Å². The van der Waals surface area contributed by atoms with Crippen molar-refractivity contribution >= 4 is 50.6 Å². The zero-order valence-corrected chi connectivity index (χ0v) is 36.6. The average molecular weight is 843 g/mol. The Kier molecular flexibility index (Phi) is 9.15. The number of hydrogen-bond acceptors (Lipinski definition) is 1. The lowest BCUT2D eigenvalue weighted by molar-refractivity contribution is 0.769. The minimum absolute atomic E-state index is 0.612. The molecular formula is C62H42N2Si. The lowest BCUT2D eigenvalue weighted by atomic mass is 9.67. The van der Waals surface area contributed by atoms with Crippen LogP contribution in [0.3, 0.4) is 0 Å². The van der Waals surface area contributed by atoms with Crippen LogP contribution in [0.25, 0.3) is 49.7 Å². The van der Waals surface area contributed by atoms with Crippen molar-refractivity contribution in [2.75, 3.05) is 0 Å². The van der Waals surface area contributed by atoms with Gasteiger partial charge in [-0.05, 0) is 114 Å². The van der Waals surface area contributed by atoms with Crippen LogP contribution in [0.15, 0.2) is 255 Å². The fraction of sp³-hybridized carbons (Fsp3) is 0.0161. The number of benzene rings is 10. The molecule has 0 saturated carbocycles. The van der Waals surface area contributed by atoms with E-state index in [1.54, 1.807) is 0 Å². The molecule has 10 aromatic carbocycles. The zero-order valence-electron chi connectivity index (χ0n) is 35.6. The maximum absolute atomic E-state index is 9.53. The number of fused-ring (bicyclic) bond motifs is 6. The first kappa shape index (κ1) is 38.4. The highest BCUT2D eigenvalue weighted by Crippen LogP contribution is 2.56. The molecule has 1 heterocycles. The zero-order chi connectivity index (χ0) is 43.4. The normalized spacial score (nSPS) is 12.7. The highest BCUT2D eigenvalue weighted by Gasteiger charge is 2.49. The second-order valence-corrected chi connectivity index (χ2v) is 20.9. The first-order valence-electron chi connectivity index (χ1n) is 22.3. The lowest BCUT2D eigenvalue weighted by Gasteiger charge is -2.37. The molecule has 0 radical (unpaired) electrons. The highest BCUT2D eigenvalue weighted by atomic mass is 28.3. The van der Waals surface area contributed by atoms with Gasteiger partial charge < -0.3 is 4.57 Å². The van der Waals surface area contributed by atoms with Crippen LogP contribution >= 0.6 is 0 Å². The number of nitrogens with zero attached hydrogens (tertiary/aromatic N) is 2. The fourth-order valence-electron chi connectivity index (χ4n) is 11.1. The van der Waals surface area contributed by atoms with Gasteiger partial charge in [0.05, 0.1) is 28.1 Å². The number of aromatic nitrogens is 1. The molecule has 12 rings (SSSR count). The van der Waals surface area contributed by atoms with Crippen molar-refractivity contribution in [2.45, 2.75) is 5.41 Å². The Morgan fingerprint density at radius 2 is 0.831 bits per heavy atom. The molecule has 2 nitrogen and oxygen atoms in total. The number of para-hydroxylation sites is 1. The Hall–Kier alpha value is -8.29. The van der Waals surface area contributed by atoms with Gasteiger partial charge in [0.15, 0.2) is 8.07 Å². The minimum Gasteiger partial charge on any atom is -0.309 e. The van der Waals surface area contributed by atoms with Crippen LogP contribution in [0.4, 0.5) is 0 Å². The Morgan fingerprint density at radius 3 is 1.40 bits per heavy atom. The average Bonchev–Trinajstić information content (AvgIpc) is 3.88. The summed E-state index contributed by atoms with van der Waals surface area (Å²) >= 11 is 0. The SMILES string of the molecule is N#Cc1ccc(-n2c3ccccc3c3cc(-c4ccc5c(c4)C(c4ccccc4)(c4ccccc4)c4cc([Si](c6ccccc6)(c6ccccc6)c6ccccc6)ccc4-5)ccc32)cc1. The monoisotopic (exact) mass is 842 g/mol. The summed E-state index contributed by atoms with van der Waals surface area (Å²) in [6.07, 6.45) is 0. The van der Waals surface area contributed by atoms with Crippen molar-refractivity contribution in [2.24, 2.45) is 0 Å². The van der Waals surface area contributed by atoms with Gasteiger partial charge in [0.2, 0.25) is 0 Å². The fourth-order valence-corrected chi connectivity index (χ4v) is 15.9. The summed E-state index contributed by atoms with van der Waals surface area (Å²) in [5.41, 5.74) is 13.3. The smallest absolute Gasteiger partial charge is 0.179 e. The number of nitriles is 1. The first-order valence-corrected chi connectivity index (χ1v) is 24.3. The topological polar surface area (TPSA) is 28.7 Å². The molecule has 0 unspecified atom stereocenters. The van der Waals surface area contributed by atoms with Gasteiger partial charge in [-0.1, -0.05) is 206 Å². The summed E-state index contributed by atoms with van der Waals surface area (Å²) in [5, 5.41) is 17.3. The van der Waals surface area contributed by atoms with E-state index in [0.717, 1.165) is 16.7 Å². The molecule has 0 amide bonds. The van der Waals surface area contributed by atoms with E-state index < -0.39 is 13.5 Å². The lowest BCUT2D eigenvalue weighted by Crippen LogP contribution is -2.74. The Labute approximate surface area is 380 Å². The standard InChI is InChI=1S/C62H42N2Si/c63-43-44-30-34-49(35-31-44)64-60-29-17-16-28-56(60)57-40-45(33-39-61(57)64)46-32-37-54-55-38-36-53(42-59(55)62(58(54)41-46,47-18-6-1-7-19-47)48-20-8-2-9-21-48)65(50-22-10-3-11-23-50,51-24-12-4-13-25-51)52-26-14-5-15-27-52/h1-42H. The molecule has 0 spiro atoms. The molecule has 0 aliphatic heterocycles. The van der Waals surface area contributed by atoms with E-state index in [1.807, 2.05) is 24.3 Å². The third kappa shape index (κ3) is 5.85. The summed E-state index contributed by atoms with van der Waals surface area (Å²) in [4.78, 5) is 0. The van der Waals surface area contributed by atoms with Crippen molar-refractivity contribution < 1.29 is 0 Å². The van der Waals surface area contributed by atoms with Gasteiger partial charge in [0.1, 0.15) is 0 Å². The summed E-state index contributed by atoms with van der Waals surface area (Å²) in [6, 6.07) is 96.4. The largest absolute Gasteiger partial charge is 0.309 e. The maximum Gasteiger partial charge on any atom is 0.179 e. The van der Waals surface area contributed by atoms with Crippen molar-refractivity contribution in [3.8, 4) is 34.0 Å². The molecule has 0 atom stereocenters. The Balaban J connectivity index is 1.12. The molecule has 3 heteroatoms. The molecular weight excluding hydrogens is 801 g/mol. The predicted octanol–water partition coefficient (Wildman–Crippen LogP) is 12.1. The van der Waals surface area contributed by atoms with Gasteiger partial charge in [-0.2, -0.15) is 5.26 Å². The van der Waals surface area contributed by atoms with E-state index >= 15 is 0 Å². The summed E-state index contributed by atoms with van der Waals surface area (Å²) in [5.74, 6) is 0. The van der Waals surface area contributed by atoms with E-state index in [9.17, 15) is 5.26 Å². The Morgan fingerprint density at radius 1 is 0.369 bits per heavy atom. The van der Waals surface area contributed by atoms with Gasteiger partial charge >= 0.3 is 0 Å². The van der Waals surface area contributed by atoms with Crippen LogP contribution in [-0.4, -0.2) is 12.6 Å². The van der Waals surface area contributed by atoms with Gasteiger partial charge in [0.25, 0.3) is 0 Å². The van der Waals surface area contributed by atoms with E-state index in [-0.39, 0.29) is 0 Å². The van der Waals surface area contributed by atoms with E-state index in [2.05, 4.69) is 241 Å². The first-order chi connectivity index (χ1) is 32.2. The number of hydrogen-bond donors (Lipinski definition) is 0. The predicted molar refractivity (Wildman–Crippen MR) is 272 cm³/mol. The van der Waals surface area contributed by atoms with Crippen molar-refractivity contribution in [1.29, 1.82) is 5.26 Å².